The molecule has 4 aliphatic carbocycles. The van der Waals surface area contributed by atoms with Crippen LogP contribution in [0, 0.1) is 46.3 Å². The van der Waals surface area contributed by atoms with Gasteiger partial charge in [0.05, 0.1) is 18.3 Å². The highest BCUT2D eigenvalue weighted by atomic mass is 16.3. The second-order valence-corrected chi connectivity index (χ2v) is 12.4. The quantitative estimate of drug-likeness (QED) is 0.471. The lowest BCUT2D eigenvalue weighted by atomic mass is 9.47. The summed E-state index contributed by atoms with van der Waals surface area (Å²) in [5.41, 5.74) is 7.62. The van der Waals surface area contributed by atoms with Crippen LogP contribution in [0.4, 0.5) is 0 Å². The Morgan fingerprint density at radius 2 is 1.84 bits per heavy atom. The SMILES string of the molecule is CC(CN)CCC(O)[C@@H](C)[C@H]1C(O)C[C@H]2[C@@H]3CC=C4C[C@@H](O)CC[C@]4(C)[C@H]3CC[C@]12C. The number of aliphatic hydroxyl groups is 3. The Kier molecular flexibility index (Phi) is 6.69. The zero-order chi connectivity index (χ0) is 22.6. The highest BCUT2D eigenvalue weighted by Gasteiger charge is 2.62. The van der Waals surface area contributed by atoms with E-state index in [0.29, 0.717) is 30.2 Å². The van der Waals surface area contributed by atoms with E-state index in [-0.39, 0.29) is 41.0 Å². The van der Waals surface area contributed by atoms with Crippen LogP contribution in [0.1, 0.15) is 85.5 Å². The molecule has 31 heavy (non-hydrogen) atoms. The number of hydrogen-bond acceptors (Lipinski definition) is 4. The summed E-state index contributed by atoms with van der Waals surface area (Å²) in [6, 6.07) is 0. The highest BCUT2D eigenvalue weighted by Crippen LogP contribution is 2.67. The lowest BCUT2D eigenvalue weighted by Gasteiger charge is -2.58. The molecule has 4 aliphatic rings. The predicted molar refractivity (Wildman–Crippen MR) is 125 cm³/mol. The zero-order valence-corrected chi connectivity index (χ0v) is 20.3. The van der Waals surface area contributed by atoms with Crippen molar-refractivity contribution in [1.29, 1.82) is 0 Å². The Balaban J connectivity index is 1.53. The molecule has 0 spiro atoms. The Hall–Kier alpha value is -0.420. The van der Waals surface area contributed by atoms with E-state index in [2.05, 4.69) is 33.8 Å². The molecule has 4 rings (SSSR count). The molecule has 0 saturated heterocycles. The second-order valence-electron chi connectivity index (χ2n) is 12.4. The molecule has 0 heterocycles. The summed E-state index contributed by atoms with van der Waals surface area (Å²) < 4.78 is 0. The maximum atomic E-state index is 11.3. The summed E-state index contributed by atoms with van der Waals surface area (Å²) in [5, 5.41) is 32.5. The van der Waals surface area contributed by atoms with Crippen LogP contribution in [0.2, 0.25) is 0 Å². The topological polar surface area (TPSA) is 86.7 Å². The molecular formula is C27H47NO3. The van der Waals surface area contributed by atoms with Crippen molar-refractivity contribution in [1.82, 2.24) is 0 Å². The van der Waals surface area contributed by atoms with E-state index >= 15 is 0 Å². The van der Waals surface area contributed by atoms with Gasteiger partial charge in [-0.1, -0.05) is 39.3 Å². The molecule has 11 atom stereocenters. The Bertz CT molecular complexity index is 679. The van der Waals surface area contributed by atoms with Crippen LogP contribution >= 0.6 is 0 Å². The van der Waals surface area contributed by atoms with E-state index in [9.17, 15) is 15.3 Å². The molecule has 0 radical (unpaired) electrons. The van der Waals surface area contributed by atoms with Crippen LogP contribution in [0.25, 0.3) is 0 Å². The molecule has 0 bridgehead atoms. The molecule has 3 unspecified atom stereocenters. The first-order chi connectivity index (χ1) is 14.6. The van der Waals surface area contributed by atoms with Crippen molar-refractivity contribution in [3.8, 4) is 0 Å². The van der Waals surface area contributed by atoms with Gasteiger partial charge in [-0.2, -0.15) is 0 Å². The third-order valence-corrected chi connectivity index (χ3v) is 10.7. The van der Waals surface area contributed by atoms with E-state index in [0.717, 1.165) is 51.4 Å². The van der Waals surface area contributed by atoms with Gasteiger partial charge in [-0.25, -0.2) is 0 Å². The number of fused-ring (bicyclic) bond motifs is 5. The van der Waals surface area contributed by atoms with Gasteiger partial charge >= 0.3 is 0 Å². The summed E-state index contributed by atoms with van der Waals surface area (Å²) in [6.07, 6.45) is 10.6. The Morgan fingerprint density at radius 3 is 2.55 bits per heavy atom. The molecule has 0 aromatic carbocycles. The van der Waals surface area contributed by atoms with E-state index < -0.39 is 0 Å². The minimum atomic E-state index is -0.364. The van der Waals surface area contributed by atoms with Gasteiger partial charge in [-0.15, -0.1) is 0 Å². The van der Waals surface area contributed by atoms with Crippen LogP contribution < -0.4 is 5.73 Å². The molecule has 0 aromatic heterocycles. The van der Waals surface area contributed by atoms with Crippen molar-refractivity contribution >= 4 is 0 Å². The minimum absolute atomic E-state index is 0.107. The minimum Gasteiger partial charge on any atom is -0.393 e. The van der Waals surface area contributed by atoms with Crippen LogP contribution in [-0.2, 0) is 0 Å². The van der Waals surface area contributed by atoms with E-state index in [1.165, 1.54) is 12.0 Å². The lowest BCUT2D eigenvalue weighted by Crippen LogP contribution is -2.51. The maximum absolute atomic E-state index is 11.3. The molecule has 3 saturated carbocycles. The first-order valence-electron chi connectivity index (χ1n) is 13.1. The van der Waals surface area contributed by atoms with Crippen LogP contribution in [0.5, 0.6) is 0 Å². The first kappa shape index (κ1) is 23.7. The summed E-state index contributed by atoms with van der Waals surface area (Å²) in [7, 11) is 0. The average molecular weight is 434 g/mol. The zero-order valence-electron chi connectivity index (χ0n) is 20.3. The molecule has 4 heteroatoms. The van der Waals surface area contributed by atoms with E-state index in [4.69, 9.17) is 5.73 Å². The third kappa shape index (κ3) is 3.94. The molecular weight excluding hydrogens is 386 g/mol. The molecule has 4 nitrogen and oxygen atoms in total. The standard InChI is InChI=1S/C27H47NO3/c1-16(15-28)5-8-23(30)17(2)25-24(31)14-22-20-7-6-18-13-19(29)9-11-26(18,3)21(20)10-12-27(22,25)4/h6,16-17,19-25,29-31H,5,7-15,28H2,1-4H3/t16?,17-,19+,20-,21+,22+,23?,24?,25+,26+,27+/m1/s1. The molecule has 0 aromatic rings. The smallest absolute Gasteiger partial charge is 0.0580 e. The fourth-order valence-corrected chi connectivity index (χ4v) is 8.72. The fourth-order valence-electron chi connectivity index (χ4n) is 8.72. The van der Waals surface area contributed by atoms with Gasteiger partial charge in [0.15, 0.2) is 0 Å². The van der Waals surface area contributed by atoms with E-state index in [1.54, 1.807) is 0 Å². The van der Waals surface area contributed by atoms with Crippen molar-refractivity contribution in [2.24, 2.45) is 52.1 Å². The van der Waals surface area contributed by atoms with Crippen molar-refractivity contribution in [2.75, 3.05) is 6.54 Å². The van der Waals surface area contributed by atoms with Crippen molar-refractivity contribution in [3.63, 3.8) is 0 Å². The molecule has 0 amide bonds. The van der Waals surface area contributed by atoms with Crippen molar-refractivity contribution in [3.05, 3.63) is 11.6 Å². The second kappa shape index (κ2) is 8.74. The first-order valence-corrected chi connectivity index (χ1v) is 13.1. The number of rotatable bonds is 6. The van der Waals surface area contributed by atoms with Crippen LogP contribution in [0.3, 0.4) is 0 Å². The molecule has 5 N–H and O–H groups in total. The van der Waals surface area contributed by atoms with Crippen LogP contribution in [0.15, 0.2) is 11.6 Å². The number of allylic oxidation sites excluding steroid dienone is 1. The Morgan fingerprint density at radius 1 is 1.10 bits per heavy atom. The summed E-state index contributed by atoms with van der Waals surface area (Å²) in [5.74, 6) is 2.56. The molecule has 3 fully saturated rings. The normalized spacial score (nSPS) is 47.5. The van der Waals surface area contributed by atoms with Crippen molar-refractivity contribution in [2.45, 2.75) is 104 Å². The molecule has 0 aliphatic heterocycles. The Labute approximate surface area is 189 Å². The van der Waals surface area contributed by atoms with Gasteiger partial charge in [0.2, 0.25) is 0 Å². The monoisotopic (exact) mass is 433 g/mol. The van der Waals surface area contributed by atoms with E-state index in [1.807, 2.05) is 0 Å². The van der Waals surface area contributed by atoms with Crippen LogP contribution in [-0.4, -0.2) is 40.2 Å². The average Bonchev–Trinajstić information content (AvgIpc) is 3.01. The maximum Gasteiger partial charge on any atom is 0.0580 e. The lowest BCUT2D eigenvalue weighted by molar-refractivity contribution is -0.0768. The number of hydrogen-bond donors (Lipinski definition) is 4. The van der Waals surface area contributed by atoms with Gasteiger partial charge in [0.1, 0.15) is 0 Å². The number of aliphatic hydroxyl groups excluding tert-OH is 3. The van der Waals surface area contributed by atoms with Gasteiger partial charge in [0.25, 0.3) is 0 Å². The largest absolute Gasteiger partial charge is 0.393 e. The van der Waals surface area contributed by atoms with Gasteiger partial charge in [-0.05, 0) is 111 Å². The fraction of sp³-hybridized carbons (Fsp3) is 0.926. The number of nitrogens with two attached hydrogens (primary N) is 1. The van der Waals surface area contributed by atoms with Gasteiger partial charge in [0, 0.05) is 0 Å². The predicted octanol–water partition coefficient (Wildman–Crippen LogP) is 4.27. The summed E-state index contributed by atoms with van der Waals surface area (Å²) >= 11 is 0. The van der Waals surface area contributed by atoms with Gasteiger partial charge in [-0.3, -0.25) is 0 Å². The summed E-state index contributed by atoms with van der Waals surface area (Å²) in [4.78, 5) is 0. The van der Waals surface area contributed by atoms with Crippen molar-refractivity contribution < 1.29 is 15.3 Å². The third-order valence-electron chi connectivity index (χ3n) is 10.7. The highest BCUT2D eigenvalue weighted by molar-refractivity contribution is 5.25. The molecule has 178 valence electrons. The van der Waals surface area contributed by atoms with Gasteiger partial charge < -0.3 is 21.1 Å². The summed E-state index contributed by atoms with van der Waals surface area (Å²) in [6.45, 7) is 9.87.